The van der Waals surface area contributed by atoms with Gasteiger partial charge in [-0.15, -0.1) is 0 Å². The van der Waals surface area contributed by atoms with Crippen molar-refractivity contribution in [1.29, 1.82) is 0 Å². The van der Waals surface area contributed by atoms with E-state index in [2.05, 4.69) is 0 Å². The van der Waals surface area contributed by atoms with E-state index in [1.165, 1.54) is 0 Å². The summed E-state index contributed by atoms with van der Waals surface area (Å²) in [6.45, 7) is 0.502. The summed E-state index contributed by atoms with van der Waals surface area (Å²) in [5.41, 5.74) is -0.610. The predicted molar refractivity (Wildman–Crippen MR) is 96.2 cm³/mol. The van der Waals surface area contributed by atoms with Crippen LogP contribution in [0.3, 0.4) is 0 Å². The fourth-order valence-electron chi connectivity index (χ4n) is 2.54. The molecule has 2 aromatic carbocycles. The molecule has 156 valence electrons. The minimum Gasteiger partial charge on any atom is -0.508 e. The summed E-state index contributed by atoms with van der Waals surface area (Å²) in [4.78, 5) is 23.1. The van der Waals surface area contributed by atoms with Crippen LogP contribution in [-0.4, -0.2) is 55.3 Å². The second-order valence-corrected chi connectivity index (χ2v) is 7.49. The minimum absolute atomic E-state index is 0.000896. The Bertz CT molecular complexity index is 1090. The van der Waals surface area contributed by atoms with Crippen LogP contribution in [0.1, 0.15) is 28.4 Å². The lowest BCUT2D eigenvalue weighted by Crippen LogP contribution is -2.27. The van der Waals surface area contributed by atoms with Gasteiger partial charge in [0.2, 0.25) is 5.91 Å². The molecule has 29 heavy (non-hydrogen) atoms. The molecule has 12 heteroatoms. The topological polar surface area (TPSA) is 193 Å². The predicted octanol–water partition coefficient (Wildman–Crippen LogP) is 1.00. The molecule has 2 aromatic rings. The third-order valence-corrected chi connectivity index (χ3v) is 4.92. The van der Waals surface area contributed by atoms with Crippen molar-refractivity contribution in [3.63, 3.8) is 0 Å². The quantitative estimate of drug-likeness (QED) is 0.286. The van der Waals surface area contributed by atoms with Gasteiger partial charge in [0.05, 0.1) is 0 Å². The van der Waals surface area contributed by atoms with Crippen LogP contribution in [0, 0.1) is 0 Å². The zero-order valence-corrected chi connectivity index (χ0v) is 15.7. The Morgan fingerprint density at radius 2 is 1.34 bits per heavy atom. The van der Waals surface area contributed by atoms with Crippen molar-refractivity contribution < 1.29 is 48.1 Å². The number of carbonyl (C=O) groups is 2. The number of phenols is 4. The summed E-state index contributed by atoms with van der Waals surface area (Å²) in [6.07, 6.45) is 0. The highest BCUT2D eigenvalue weighted by atomic mass is 32.2. The Morgan fingerprint density at radius 1 is 0.862 bits per heavy atom. The number of carboxylic acid groups (broad SMARTS) is 1. The number of hydrogen-bond donors (Lipinski definition) is 6. The molecule has 1 amide bonds. The van der Waals surface area contributed by atoms with Crippen LogP contribution >= 0.6 is 0 Å². The van der Waals surface area contributed by atoms with Gasteiger partial charge >= 0.3 is 5.97 Å². The van der Waals surface area contributed by atoms with Crippen molar-refractivity contribution in [1.82, 2.24) is 4.90 Å². The first-order valence-corrected chi connectivity index (χ1v) is 9.31. The molecule has 6 N–H and O–H groups in total. The van der Waals surface area contributed by atoms with Crippen molar-refractivity contribution in [3.05, 3.63) is 41.0 Å². The number of carbonyl (C=O) groups excluding carboxylic acids is 1. The van der Waals surface area contributed by atoms with Crippen LogP contribution in [-0.2, 0) is 28.0 Å². The molecule has 0 saturated carbocycles. The molecule has 0 unspecified atom stereocenters. The Morgan fingerprint density at radius 3 is 1.79 bits per heavy atom. The minimum atomic E-state index is -4.79. The van der Waals surface area contributed by atoms with Crippen molar-refractivity contribution in [2.45, 2.75) is 24.9 Å². The van der Waals surface area contributed by atoms with Crippen LogP contribution in [0.25, 0.3) is 0 Å². The van der Waals surface area contributed by atoms with Gasteiger partial charge in [0.15, 0.2) is 0 Å². The van der Waals surface area contributed by atoms with E-state index in [1.54, 1.807) is 0 Å². The highest BCUT2D eigenvalue weighted by Gasteiger charge is 2.22. The zero-order chi connectivity index (χ0) is 22.1. The molecule has 0 bridgehead atoms. The molecule has 0 radical (unpaired) electrons. The maximum atomic E-state index is 12.0. The molecule has 0 aliphatic rings. The normalized spacial score (nSPS) is 11.2. The van der Waals surface area contributed by atoms with Crippen LogP contribution in [0.4, 0.5) is 0 Å². The molecule has 0 spiro atoms. The Hall–Kier alpha value is -3.51. The lowest BCUT2D eigenvalue weighted by Gasteiger charge is -2.23. The van der Waals surface area contributed by atoms with E-state index in [9.17, 15) is 38.4 Å². The molecule has 2 rings (SSSR count). The van der Waals surface area contributed by atoms with Crippen LogP contribution in [0.15, 0.2) is 29.2 Å². The highest BCUT2D eigenvalue weighted by Crippen LogP contribution is 2.33. The molecule has 0 fully saturated rings. The number of nitrogens with zero attached hydrogens (tertiary/aromatic N) is 1. The van der Waals surface area contributed by atoms with Crippen LogP contribution < -0.4 is 0 Å². The molecule has 0 aromatic heterocycles. The van der Waals surface area contributed by atoms with E-state index in [-0.39, 0.29) is 24.2 Å². The van der Waals surface area contributed by atoms with Crippen molar-refractivity contribution in [2.75, 3.05) is 0 Å². The second-order valence-electron chi connectivity index (χ2n) is 6.10. The number of benzene rings is 2. The molecular formula is C17H17NO10S. The summed E-state index contributed by atoms with van der Waals surface area (Å²) in [6, 6.07) is 3.24. The Balaban J connectivity index is 2.38. The lowest BCUT2D eigenvalue weighted by molar-refractivity contribution is -0.130. The van der Waals surface area contributed by atoms with Gasteiger partial charge in [-0.25, -0.2) is 4.79 Å². The van der Waals surface area contributed by atoms with Gasteiger partial charge in [-0.3, -0.25) is 9.35 Å². The van der Waals surface area contributed by atoms with E-state index in [1.807, 2.05) is 0 Å². The summed E-state index contributed by atoms with van der Waals surface area (Å²) >= 11 is 0. The van der Waals surface area contributed by atoms with Crippen LogP contribution in [0.2, 0.25) is 0 Å². The summed E-state index contributed by atoms with van der Waals surface area (Å²) < 4.78 is 31.3. The number of phenolic OH excluding ortho intramolecular Hbond substituents is 3. The number of hydrogen-bond acceptors (Lipinski definition) is 8. The van der Waals surface area contributed by atoms with E-state index in [0.29, 0.717) is 6.07 Å². The Labute approximate surface area is 164 Å². The summed E-state index contributed by atoms with van der Waals surface area (Å²) in [5.74, 6) is -4.63. The monoisotopic (exact) mass is 427 g/mol. The Kier molecular flexibility index (Phi) is 5.90. The van der Waals surface area contributed by atoms with Gasteiger partial charge in [-0.05, 0) is 18.2 Å². The van der Waals surface area contributed by atoms with Gasteiger partial charge in [-0.1, -0.05) is 0 Å². The van der Waals surface area contributed by atoms with Gasteiger partial charge in [-0.2, -0.15) is 8.42 Å². The number of aromatic hydroxyl groups is 4. The first-order chi connectivity index (χ1) is 13.3. The first-order valence-electron chi connectivity index (χ1n) is 7.87. The van der Waals surface area contributed by atoms with Gasteiger partial charge in [0.1, 0.15) is 33.5 Å². The lowest BCUT2D eigenvalue weighted by atomic mass is 10.1. The third-order valence-electron chi connectivity index (χ3n) is 4.03. The third kappa shape index (κ3) is 4.86. The standard InChI is InChI=1S/C17H17NO10S/c1-8(19)18(6-9-2-14(22)11(17(24)25)4-12(9)20)7-10-3-15(23)16(5-13(10)21)29(26,27)28/h2-5,20-23H,6-7H2,1H3,(H,24,25)(H,26,27,28). The summed E-state index contributed by atoms with van der Waals surface area (Å²) in [5, 5.41) is 48.5. The van der Waals surface area contributed by atoms with E-state index < -0.39 is 55.5 Å². The fraction of sp³-hybridized carbons (Fsp3) is 0.176. The number of amides is 1. The van der Waals surface area contributed by atoms with Gasteiger partial charge in [0, 0.05) is 37.2 Å². The smallest absolute Gasteiger partial charge is 0.339 e. The second kappa shape index (κ2) is 7.85. The van der Waals surface area contributed by atoms with E-state index >= 15 is 0 Å². The van der Waals surface area contributed by atoms with E-state index in [0.717, 1.165) is 30.0 Å². The molecule has 11 nitrogen and oxygen atoms in total. The molecule has 0 saturated heterocycles. The average Bonchev–Trinajstić information content (AvgIpc) is 2.58. The molecule has 0 aliphatic heterocycles. The zero-order valence-electron chi connectivity index (χ0n) is 14.9. The van der Waals surface area contributed by atoms with E-state index in [4.69, 9.17) is 9.66 Å². The maximum absolute atomic E-state index is 12.0. The number of rotatable bonds is 6. The molecule has 0 aliphatic carbocycles. The van der Waals surface area contributed by atoms with Crippen molar-refractivity contribution in [2.24, 2.45) is 0 Å². The van der Waals surface area contributed by atoms with Crippen molar-refractivity contribution in [3.8, 4) is 23.0 Å². The average molecular weight is 427 g/mol. The summed E-state index contributed by atoms with van der Waals surface area (Å²) in [7, 11) is -4.79. The molecule has 0 heterocycles. The number of carboxylic acids is 1. The van der Waals surface area contributed by atoms with Crippen molar-refractivity contribution >= 4 is 22.0 Å². The first kappa shape index (κ1) is 21.8. The maximum Gasteiger partial charge on any atom is 0.339 e. The van der Waals surface area contributed by atoms with Gasteiger partial charge in [0.25, 0.3) is 10.1 Å². The largest absolute Gasteiger partial charge is 0.508 e. The SMILES string of the molecule is CC(=O)N(Cc1cc(O)c(C(=O)O)cc1O)Cc1cc(O)c(S(=O)(=O)O)cc1O. The molecule has 0 atom stereocenters. The highest BCUT2D eigenvalue weighted by molar-refractivity contribution is 7.86. The molecular weight excluding hydrogens is 410 g/mol. The number of aromatic carboxylic acids is 1. The van der Waals surface area contributed by atoms with Gasteiger partial charge < -0.3 is 30.4 Å². The van der Waals surface area contributed by atoms with Crippen LogP contribution in [0.5, 0.6) is 23.0 Å². The fourth-order valence-corrected chi connectivity index (χ4v) is 3.13.